The van der Waals surface area contributed by atoms with Crippen LogP contribution in [0.15, 0.2) is 156 Å². The molecule has 0 bridgehead atoms. The molecule has 0 spiro atoms. The summed E-state index contributed by atoms with van der Waals surface area (Å²) < 4.78 is 6.58. The van der Waals surface area contributed by atoms with Crippen LogP contribution in [-0.4, -0.2) is 15.0 Å². The van der Waals surface area contributed by atoms with Crippen molar-refractivity contribution in [1.29, 1.82) is 0 Å². The molecule has 4 nitrogen and oxygen atoms in total. The Kier molecular flexibility index (Phi) is 5.78. The molecule has 45 heavy (non-hydrogen) atoms. The highest BCUT2D eigenvalue weighted by Crippen LogP contribution is 2.40. The molecule has 0 fully saturated rings. The fourth-order valence-corrected chi connectivity index (χ4v) is 6.36. The highest BCUT2D eigenvalue weighted by atomic mass is 16.3. The lowest BCUT2D eigenvalue weighted by Crippen LogP contribution is -2.00. The summed E-state index contributed by atoms with van der Waals surface area (Å²) in [5.41, 5.74) is 6.64. The minimum absolute atomic E-state index is 0.577. The van der Waals surface area contributed by atoms with Gasteiger partial charge in [-0.15, -0.1) is 0 Å². The van der Waals surface area contributed by atoms with Crippen molar-refractivity contribution in [2.45, 2.75) is 0 Å². The van der Waals surface area contributed by atoms with Crippen molar-refractivity contribution in [1.82, 2.24) is 15.0 Å². The molecule has 0 aliphatic carbocycles. The number of nitrogens with zero attached hydrogens (tertiary/aromatic N) is 3. The molecule has 2 aromatic heterocycles. The number of para-hydroxylation sites is 1. The van der Waals surface area contributed by atoms with Gasteiger partial charge in [-0.05, 0) is 56.9 Å². The molecule has 2 heterocycles. The zero-order valence-corrected chi connectivity index (χ0v) is 24.2. The lowest BCUT2D eigenvalue weighted by molar-refractivity contribution is 0.669. The highest BCUT2D eigenvalue weighted by molar-refractivity contribution is 6.15. The van der Waals surface area contributed by atoms with Crippen LogP contribution in [0, 0.1) is 0 Å². The van der Waals surface area contributed by atoms with Crippen LogP contribution in [0.5, 0.6) is 0 Å². The maximum Gasteiger partial charge on any atom is 0.167 e. The molecule has 0 unspecified atom stereocenters. The van der Waals surface area contributed by atoms with E-state index in [9.17, 15) is 0 Å². The van der Waals surface area contributed by atoms with Gasteiger partial charge in [0.25, 0.3) is 0 Å². The largest absolute Gasteiger partial charge is 0.455 e. The molecule has 0 aliphatic heterocycles. The van der Waals surface area contributed by atoms with E-state index in [2.05, 4.69) is 84.9 Å². The summed E-state index contributed by atoms with van der Waals surface area (Å²) >= 11 is 0. The fourth-order valence-electron chi connectivity index (χ4n) is 6.36. The van der Waals surface area contributed by atoms with E-state index in [1.807, 2.05) is 66.7 Å². The standard InChI is InChI=1S/C41H25N3O/c1-3-12-26(13-4-1)39-42-40(27-14-5-2-6-15-27)44-41(43-39)34-21-11-20-33-36-25-29(22-23-37(36)45-38(33)34)35-24-28-16-7-8-17-30(28)31-18-9-10-19-32(31)35/h1-25H. The molecule has 0 atom stereocenters. The number of benzene rings is 7. The van der Waals surface area contributed by atoms with Gasteiger partial charge in [0.1, 0.15) is 11.2 Å². The molecular weight excluding hydrogens is 550 g/mol. The monoisotopic (exact) mass is 575 g/mol. The predicted octanol–water partition coefficient (Wildman–Crippen LogP) is 10.7. The van der Waals surface area contributed by atoms with Crippen LogP contribution >= 0.6 is 0 Å². The fraction of sp³-hybridized carbons (Fsp3) is 0. The van der Waals surface area contributed by atoms with Crippen molar-refractivity contribution in [3.63, 3.8) is 0 Å². The minimum atomic E-state index is 0.577. The Balaban J connectivity index is 1.25. The lowest BCUT2D eigenvalue weighted by Gasteiger charge is -2.11. The smallest absolute Gasteiger partial charge is 0.167 e. The SMILES string of the molecule is c1ccc(-c2nc(-c3ccccc3)nc(-c3cccc4c3oc3ccc(-c5cc6ccccc6c6ccccc56)cc34)n2)cc1. The van der Waals surface area contributed by atoms with E-state index in [1.54, 1.807) is 0 Å². The lowest BCUT2D eigenvalue weighted by atomic mass is 9.92. The molecule has 0 saturated carbocycles. The zero-order valence-electron chi connectivity index (χ0n) is 24.2. The Morgan fingerprint density at radius 3 is 1.69 bits per heavy atom. The van der Waals surface area contributed by atoms with Crippen LogP contribution < -0.4 is 0 Å². The number of hydrogen-bond acceptors (Lipinski definition) is 4. The van der Waals surface area contributed by atoms with Crippen molar-refractivity contribution in [3.8, 4) is 45.3 Å². The van der Waals surface area contributed by atoms with Crippen LogP contribution in [0.2, 0.25) is 0 Å². The average Bonchev–Trinajstić information content (AvgIpc) is 3.50. The summed E-state index contributed by atoms with van der Waals surface area (Å²) in [5, 5.41) is 7.06. The molecule has 0 amide bonds. The third-order valence-electron chi connectivity index (χ3n) is 8.52. The van der Waals surface area contributed by atoms with Gasteiger partial charge in [-0.25, -0.2) is 15.0 Å². The van der Waals surface area contributed by atoms with E-state index in [-0.39, 0.29) is 0 Å². The quantitative estimate of drug-likeness (QED) is 0.196. The van der Waals surface area contributed by atoms with Crippen molar-refractivity contribution in [2.24, 2.45) is 0 Å². The number of hydrogen-bond donors (Lipinski definition) is 0. The summed E-state index contributed by atoms with van der Waals surface area (Å²) in [6, 6.07) is 52.3. The number of rotatable bonds is 4. The van der Waals surface area contributed by atoms with Crippen LogP contribution in [0.25, 0.3) is 88.8 Å². The predicted molar refractivity (Wildman–Crippen MR) is 184 cm³/mol. The summed E-state index contributed by atoms with van der Waals surface area (Å²) in [5.74, 6) is 1.82. The molecule has 210 valence electrons. The maximum atomic E-state index is 6.58. The first-order valence-corrected chi connectivity index (χ1v) is 15.0. The number of fused-ring (bicyclic) bond motifs is 6. The topological polar surface area (TPSA) is 51.8 Å². The Bertz CT molecular complexity index is 2480. The first-order chi connectivity index (χ1) is 22.3. The Morgan fingerprint density at radius 1 is 0.356 bits per heavy atom. The second-order valence-electron chi connectivity index (χ2n) is 11.2. The number of furan rings is 1. The molecule has 0 radical (unpaired) electrons. The van der Waals surface area contributed by atoms with E-state index < -0.39 is 0 Å². The van der Waals surface area contributed by atoms with Gasteiger partial charge in [0.2, 0.25) is 0 Å². The summed E-state index contributed by atoms with van der Waals surface area (Å²) in [6.45, 7) is 0. The third kappa shape index (κ3) is 4.27. The first-order valence-electron chi connectivity index (χ1n) is 15.0. The van der Waals surface area contributed by atoms with Crippen molar-refractivity contribution < 1.29 is 4.42 Å². The third-order valence-corrected chi connectivity index (χ3v) is 8.52. The average molecular weight is 576 g/mol. The molecule has 0 aliphatic rings. The second-order valence-corrected chi connectivity index (χ2v) is 11.2. The van der Waals surface area contributed by atoms with Gasteiger partial charge < -0.3 is 4.42 Å². The van der Waals surface area contributed by atoms with E-state index in [0.29, 0.717) is 17.5 Å². The van der Waals surface area contributed by atoms with Crippen molar-refractivity contribution >= 4 is 43.5 Å². The zero-order chi connectivity index (χ0) is 29.7. The van der Waals surface area contributed by atoms with E-state index in [1.165, 1.54) is 27.1 Å². The van der Waals surface area contributed by atoms with Crippen molar-refractivity contribution in [2.75, 3.05) is 0 Å². The molecule has 9 rings (SSSR count). The van der Waals surface area contributed by atoms with E-state index in [4.69, 9.17) is 19.4 Å². The number of aromatic nitrogens is 3. The van der Waals surface area contributed by atoms with Crippen LogP contribution in [0.1, 0.15) is 0 Å². The van der Waals surface area contributed by atoms with Gasteiger partial charge in [-0.1, -0.05) is 127 Å². The minimum Gasteiger partial charge on any atom is -0.455 e. The van der Waals surface area contributed by atoms with Crippen LogP contribution in [0.4, 0.5) is 0 Å². The van der Waals surface area contributed by atoms with Gasteiger partial charge in [0.05, 0.1) is 5.56 Å². The van der Waals surface area contributed by atoms with E-state index >= 15 is 0 Å². The van der Waals surface area contributed by atoms with Crippen LogP contribution in [0.3, 0.4) is 0 Å². The molecule has 7 aromatic carbocycles. The Labute approximate surface area is 259 Å². The van der Waals surface area contributed by atoms with Gasteiger partial charge in [-0.3, -0.25) is 0 Å². The van der Waals surface area contributed by atoms with E-state index in [0.717, 1.165) is 44.2 Å². The maximum absolute atomic E-state index is 6.58. The normalized spacial score (nSPS) is 11.6. The Hall–Kier alpha value is -6.13. The second kappa shape index (κ2) is 10.2. The Morgan fingerprint density at radius 2 is 0.956 bits per heavy atom. The van der Waals surface area contributed by atoms with Gasteiger partial charge >= 0.3 is 0 Å². The van der Waals surface area contributed by atoms with Crippen molar-refractivity contribution in [3.05, 3.63) is 152 Å². The van der Waals surface area contributed by atoms with Gasteiger partial charge in [-0.2, -0.15) is 0 Å². The summed E-state index contributed by atoms with van der Waals surface area (Å²) in [6.07, 6.45) is 0. The summed E-state index contributed by atoms with van der Waals surface area (Å²) in [4.78, 5) is 14.8. The van der Waals surface area contributed by atoms with Gasteiger partial charge in [0, 0.05) is 21.9 Å². The first kappa shape index (κ1) is 25.4. The summed E-state index contributed by atoms with van der Waals surface area (Å²) in [7, 11) is 0. The molecular formula is C41H25N3O. The highest BCUT2D eigenvalue weighted by Gasteiger charge is 2.18. The van der Waals surface area contributed by atoms with Crippen LogP contribution in [-0.2, 0) is 0 Å². The molecule has 0 saturated heterocycles. The molecule has 9 aromatic rings. The molecule has 0 N–H and O–H groups in total. The molecule has 4 heteroatoms. The van der Waals surface area contributed by atoms with Gasteiger partial charge in [0.15, 0.2) is 17.5 Å².